The first-order valence-corrected chi connectivity index (χ1v) is 14.1. The van der Waals surface area contributed by atoms with Crippen LogP contribution < -0.4 is 5.32 Å². The van der Waals surface area contributed by atoms with Gasteiger partial charge in [0.1, 0.15) is 4.21 Å². The Balaban J connectivity index is 1.91. The number of carbonyl (C=O) groups excluding carboxylic acids is 2. The predicted molar refractivity (Wildman–Crippen MR) is 129 cm³/mol. The molecule has 2 amide bonds. The third-order valence-electron chi connectivity index (χ3n) is 6.36. The van der Waals surface area contributed by atoms with Crippen molar-refractivity contribution in [3.63, 3.8) is 0 Å². The van der Waals surface area contributed by atoms with Gasteiger partial charge in [0.2, 0.25) is 5.91 Å². The van der Waals surface area contributed by atoms with Gasteiger partial charge in [0.25, 0.3) is 15.9 Å². The average molecular weight is 514 g/mol. The van der Waals surface area contributed by atoms with E-state index in [-0.39, 0.29) is 47.4 Å². The van der Waals surface area contributed by atoms with Crippen molar-refractivity contribution in [3.05, 3.63) is 17.5 Å². The second kappa shape index (κ2) is 10.7. The molecule has 0 bridgehead atoms. The van der Waals surface area contributed by atoms with Gasteiger partial charge < -0.3 is 15.3 Å². The Morgan fingerprint density at radius 1 is 1.18 bits per heavy atom. The van der Waals surface area contributed by atoms with Crippen molar-refractivity contribution in [2.24, 2.45) is 11.3 Å². The fraction of sp³-hybridized carbons (Fsp3) is 0.696. The van der Waals surface area contributed by atoms with Crippen LogP contribution in [0, 0.1) is 11.3 Å². The number of aliphatic carboxylic acids is 1. The summed E-state index contributed by atoms with van der Waals surface area (Å²) in [4.78, 5) is 39.6. The van der Waals surface area contributed by atoms with E-state index in [1.54, 1.807) is 11.4 Å². The number of rotatable bonds is 8. The third kappa shape index (κ3) is 6.37. The number of nitrogens with zero attached hydrogens (tertiary/aromatic N) is 2. The van der Waals surface area contributed by atoms with E-state index in [0.717, 1.165) is 47.7 Å². The predicted octanol–water partition coefficient (Wildman–Crippen LogP) is 2.88. The van der Waals surface area contributed by atoms with E-state index >= 15 is 0 Å². The highest BCUT2D eigenvalue weighted by Gasteiger charge is 2.47. The lowest BCUT2D eigenvalue weighted by atomic mass is 9.82. The molecule has 2 aliphatic rings. The number of nitrogens with one attached hydrogen (secondary N) is 1. The van der Waals surface area contributed by atoms with Crippen molar-refractivity contribution >= 4 is 39.1 Å². The van der Waals surface area contributed by atoms with Gasteiger partial charge in [-0.15, -0.1) is 11.3 Å². The molecule has 9 nitrogen and oxygen atoms in total. The van der Waals surface area contributed by atoms with Crippen molar-refractivity contribution < 1.29 is 27.9 Å². The smallest absolute Gasteiger partial charge is 0.305 e. The largest absolute Gasteiger partial charge is 0.481 e. The van der Waals surface area contributed by atoms with Crippen molar-refractivity contribution in [2.45, 2.75) is 82.1 Å². The van der Waals surface area contributed by atoms with Crippen LogP contribution in [0.25, 0.3) is 0 Å². The van der Waals surface area contributed by atoms with E-state index in [9.17, 15) is 27.9 Å². The summed E-state index contributed by atoms with van der Waals surface area (Å²) >= 11 is 1.05. The Hall–Kier alpha value is -1.98. The van der Waals surface area contributed by atoms with Gasteiger partial charge in [-0.25, -0.2) is 8.42 Å². The normalized spacial score (nSPS) is 21.4. The Kier molecular flexibility index (Phi) is 8.41. The van der Waals surface area contributed by atoms with Crippen molar-refractivity contribution in [3.8, 4) is 0 Å². The lowest BCUT2D eigenvalue weighted by Crippen LogP contribution is -2.57. The number of hydrogen-bond donors (Lipinski definition) is 2. The quantitative estimate of drug-likeness (QED) is 0.551. The first kappa shape index (κ1) is 26.6. The number of thiophene rings is 1. The van der Waals surface area contributed by atoms with Gasteiger partial charge in [-0.05, 0) is 35.6 Å². The summed E-state index contributed by atoms with van der Waals surface area (Å²) in [5.41, 5.74) is -0.341. The molecule has 2 heterocycles. The minimum Gasteiger partial charge on any atom is -0.481 e. The SMILES string of the molecule is CC(C)(C)CC(=O)N1CCN(S(=O)(=O)c2cccs2)C1C(=O)NC(CC(=O)O)C1CCCCC1. The van der Waals surface area contributed by atoms with Crippen molar-refractivity contribution in [1.82, 2.24) is 14.5 Å². The molecular formula is C23H35N3O6S2. The summed E-state index contributed by atoms with van der Waals surface area (Å²) in [5.74, 6) is -1.96. The number of amides is 2. The Morgan fingerprint density at radius 2 is 1.85 bits per heavy atom. The number of carboxylic acid groups (broad SMARTS) is 1. The van der Waals surface area contributed by atoms with Crippen LogP contribution in [0.3, 0.4) is 0 Å². The Bertz CT molecular complexity index is 981. The Labute approximate surface area is 205 Å². The number of hydrogen-bond acceptors (Lipinski definition) is 6. The van der Waals surface area contributed by atoms with Crippen LogP contribution in [0.5, 0.6) is 0 Å². The van der Waals surface area contributed by atoms with E-state index < -0.39 is 34.1 Å². The van der Waals surface area contributed by atoms with Crippen LogP contribution in [-0.2, 0) is 24.4 Å². The zero-order valence-corrected chi connectivity index (χ0v) is 21.7. The first-order valence-electron chi connectivity index (χ1n) is 11.8. The van der Waals surface area contributed by atoms with Gasteiger partial charge in [-0.1, -0.05) is 46.1 Å². The number of carbonyl (C=O) groups is 3. The molecule has 3 rings (SSSR count). The molecule has 0 spiro atoms. The zero-order chi connectivity index (χ0) is 25.1. The molecule has 1 aliphatic heterocycles. The monoisotopic (exact) mass is 513 g/mol. The van der Waals surface area contributed by atoms with Crippen LogP contribution in [0.1, 0.15) is 65.7 Å². The van der Waals surface area contributed by atoms with E-state index in [2.05, 4.69) is 5.32 Å². The lowest BCUT2D eigenvalue weighted by molar-refractivity contribution is -0.143. The van der Waals surface area contributed by atoms with Gasteiger partial charge in [0.15, 0.2) is 6.17 Å². The Morgan fingerprint density at radius 3 is 2.41 bits per heavy atom. The van der Waals surface area contributed by atoms with E-state index in [4.69, 9.17) is 0 Å². The topological polar surface area (TPSA) is 124 Å². The highest BCUT2D eigenvalue weighted by atomic mass is 32.2. The molecule has 2 atom stereocenters. The maximum absolute atomic E-state index is 13.6. The molecule has 0 radical (unpaired) electrons. The first-order chi connectivity index (χ1) is 15.9. The standard InChI is InChI=1S/C23H35N3O6S2/c1-23(2,3)15-18(27)25-11-12-26(34(31,32)20-10-7-13-33-20)22(25)21(30)24-17(14-19(28)29)16-8-5-4-6-9-16/h7,10,13,16-17,22H,4-6,8-9,11-12,14-15H2,1-3H3,(H,24,30)(H,28,29). The van der Waals surface area contributed by atoms with E-state index in [0.29, 0.717) is 0 Å². The molecule has 2 unspecified atom stereocenters. The zero-order valence-electron chi connectivity index (χ0n) is 20.0. The lowest BCUT2D eigenvalue weighted by Gasteiger charge is -2.34. The van der Waals surface area contributed by atoms with Gasteiger partial charge in [0.05, 0.1) is 6.42 Å². The molecule has 0 aromatic carbocycles. The molecule has 34 heavy (non-hydrogen) atoms. The van der Waals surface area contributed by atoms with Crippen molar-refractivity contribution in [1.29, 1.82) is 0 Å². The molecule has 1 saturated carbocycles. The van der Waals surface area contributed by atoms with Crippen LogP contribution in [0.15, 0.2) is 21.7 Å². The highest BCUT2D eigenvalue weighted by Crippen LogP contribution is 2.31. The van der Waals surface area contributed by atoms with Crippen LogP contribution in [-0.4, -0.2) is 65.8 Å². The molecule has 190 valence electrons. The van der Waals surface area contributed by atoms with E-state index in [1.165, 1.54) is 11.0 Å². The van der Waals surface area contributed by atoms with Gasteiger partial charge in [-0.2, -0.15) is 4.31 Å². The molecule has 11 heteroatoms. The fourth-order valence-electron chi connectivity index (χ4n) is 4.79. The molecule has 1 aliphatic carbocycles. The molecule has 2 N–H and O–H groups in total. The summed E-state index contributed by atoms with van der Waals surface area (Å²) < 4.78 is 27.9. The molecular weight excluding hydrogens is 478 g/mol. The summed E-state index contributed by atoms with van der Waals surface area (Å²) in [6.07, 6.45) is 3.21. The van der Waals surface area contributed by atoms with Crippen molar-refractivity contribution in [2.75, 3.05) is 13.1 Å². The summed E-state index contributed by atoms with van der Waals surface area (Å²) in [7, 11) is -4.00. The fourth-order valence-corrected chi connectivity index (χ4v) is 7.45. The second-order valence-corrected chi connectivity index (χ2v) is 13.4. The molecule has 2 fully saturated rings. The van der Waals surface area contributed by atoms with Gasteiger partial charge >= 0.3 is 5.97 Å². The van der Waals surface area contributed by atoms with Gasteiger partial charge in [-0.3, -0.25) is 14.4 Å². The van der Waals surface area contributed by atoms with E-state index in [1.807, 2.05) is 20.8 Å². The maximum Gasteiger partial charge on any atom is 0.305 e. The summed E-state index contributed by atoms with van der Waals surface area (Å²) in [6.45, 7) is 5.82. The molecule has 1 saturated heterocycles. The van der Waals surface area contributed by atoms with Gasteiger partial charge in [0, 0.05) is 25.6 Å². The maximum atomic E-state index is 13.6. The number of carboxylic acids is 1. The van der Waals surface area contributed by atoms with Crippen LogP contribution >= 0.6 is 11.3 Å². The molecule has 1 aromatic heterocycles. The molecule has 1 aromatic rings. The van der Waals surface area contributed by atoms with Crippen LogP contribution in [0.4, 0.5) is 0 Å². The third-order valence-corrected chi connectivity index (χ3v) is 9.59. The summed E-state index contributed by atoms with van der Waals surface area (Å²) in [6, 6.07) is 2.48. The number of sulfonamides is 1. The highest BCUT2D eigenvalue weighted by molar-refractivity contribution is 7.91. The average Bonchev–Trinajstić information content (AvgIpc) is 3.43. The summed E-state index contributed by atoms with van der Waals surface area (Å²) in [5, 5.41) is 13.9. The second-order valence-electron chi connectivity index (χ2n) is 10.4. The minimum absolute atomic E-state index is 0.00122. The minimum atomic E-state index is -4.00. The van der Waals surface area contributed by atoms with Crippen LogP contribution in [0.2, 0.25) is 0 Å².